The third-order valence-corrected chi connectivity index (χ3v) is 9.40. The van der Waals surface area contributed by atoms with Gasteiger partial charge in [0, 0.05) is 5.92 Å². The second-order valence-electron chi connectivity index (χ2n) is 7.78. The van der Waals surface area contributed by atoms with Crippen LogP contribution in [-0.2, 0) is 18.3 Å². The Bertz CT molecular complexity index is 748. The summed E-state index contributed by atoms with van der Waals surface area (Å²) in [6.07, 6.45) is 0.696. The Morgan fingerprint density at radius 2 is 1.70 bits per heavy atom. The molecule has 30 heavy (non-hydrogen) atoms. The molecule has 0 aromatic heterocycles. The molecule has 8 heteroatoms. The van der Waals surface area contributed by atoms with E-state index in [1.165, 1.54) is 0 Å². The lowest BCUT2D eigenvalue weighted by Crippen LogP contribution is -2.29. The minimum absolute atomic E-state index is 0.0494. The van der Waals surface area contributed by atoms with Crippen LogP contribution in [0.2, 0.25) is 0 Å². The van der Waals surface area contributed by atoms with Crippen LogP contribution in [0.1, 0.15) is 59.4 Å². The second-order valence-corrected chi connectivity index (χ2v) is 12.5. The first-order valence-electron chi connectivity index (χ1n) is 10.4. The van der Waals surface area contributed by atoms with Crippen LogP contribution in [0, 0.1) is 0 Å². The smallest absolute Gasteiger partial charge is 0.359 e. The predicted molar refractivity (Wildman–Crippen MR) is 129 cm³/mol. The lowest BCUT2D eigenvalue weighted by atomic mass is 9.95. The molecule has 2 atom stereocenters. The van der Waals surface area contributed by atoms with Crippen molar-refractivity contribution in [3.63, 3.8) is 0 Å². The first-order valence-corrected chi connectivity index (χ1v) is 13.8. The summed E-state index contributed by atoms with van der Waals surface area (Å²) in [7, 11) is -1.80. The summed E-state index contributed by atoms with van der Waals surface area (Å²) in [5.41, 5.74) is 0.736. The van der Waals surface area contributed by atoms with Gasteiger partial charge >= 0.3 is 7.60 Å². The molecule has 0 saturated heterocycles. The summed E-state index contributed by atoms with van der Waals surface area (Å²) < 4.78 is 38.2. The fraction of sp³-hybridized carbons (Fsp3) is 0.636. The highest BCUT2D eigenvalue weighted by atomic mass is 32.2. The molecule has 0 spiro atoms. The zero-order chi connectivity index (χ0) is 22.4. The van der Waals surface area contributed by atoms with Crippen molar-refractivity contribution in [2.75, 3.05) is 26.1 Å². The van der Waals surface area contributed by atoms with Crippen LogP contribution >= 0.6 is 31.1 Å². The lowest BCUT2D eigenvalue weighted by Gasteiger charge is -2.38. The summed E-state index contributed by atoms with van der Waals surface area (Å²) in [5.74, 6) is 1.53. The van der Waals surface area contributed by atoms with Crippen molar-refractivity contribution in [1.82, 2.24) is 0 Å². The molecule has 0 radical (unpaired) electrons. The quantitative estimate of drug-likeness (QED) is 0.331. The largest absolute Gasteiger partial charge is 0.497 e. The molecular formula is C22H35O5PS2. The van der Waals surface area contributed by atoms with Crippen LogP contribution in [0.25, 0.3) is 0 Å². The first-order chi connectivity index (χ1) is 14.2. The van der Waals surface area contributed by atoms with Gasteiger partial charge in [0.2, 0.25) is 0 Å². The highest BCUT2D eigenvalue weighted by molar-refractivity contribution is 8.22. The molecule has 170 valence electrons. The molecule has 5 nitrogen and oxygen atoms in total. The summed E-state index contributed by atoms with van der Waals surface area (Å²) in [4.78, 5) is 0. The van der Waals surface area contributed by atoms with E-state index in [1.807, 2.05) is 38.1 Å². The lowest BCUT2D eigenvalue weighted by molar-refractivity contribution is -0.0233. The standard InChI is InChI=1S/C22H35O5PS2/c1-8-25-28(23,26-9-2)20-18(16-11-13-17(24-7)14-12-16)15-19(27-22(4,5)6)30-21(20)29-10-3/h11-14,18-19H,8-10,15H2,1-7H3/t18-,19+/m1/s1. The van der Waals surface area contributed by atoms with E-state index in [4.69, 9.17) is 18.5 Å². The average Bonchev–Trinajstić information content (AvgIpc) is 2.67. The van der Waals surface area contributed by atoms with Crippen LogP contribution < -0.4 is 4.74 Å². The number of hydrogen-bond acceptors (Lipinski definition) is 7. The van der Waals surface area contributed by atoms with Gasteiger partial charge in [-0.15, -0.1) is 11.8 Å². The summed E-state index contributed by atoms with van der Waals surface area (Å²) in [6.45, 7) is 12.6. The van der Waals surface area contributed by atoms with Crippen molar-refractivity contribution in [2.24, 2.45) is 0 Å². The number of thioether (sulfide) groups is 2. The van der Waals surface area contributed by atoms with Crippen molar-refractivity contribution in [3.8, 4) is 5.75 Å². The maximum atomic E-state index is 14.0. The predicted octanol–water partition coefficient (Wildman–Crippen LogP) is 7.25. The molecule has 0 N–H and O–H groups in total. The number of methoxy groups -OCH3 is 1. The Labute approximate surface area is 190 Å². The molecule has 0 unspecified atom stereocenters. The van der Waals surface area contributed by atoms with Gasteiger partial charge in [0.1, 0.15) is 11.2 Å². The molecule has 0 aliphatic carbocycles. The Hall–Kier alpha value is -0.430. The topological polar surface area (TPSA) is 54.0 Å². The molecule has 1 heterocycles. The van der Waals surface area contributed by atoms with Crippen LogP contribution in [0.15, 0.2) is 33.8 Å². The van der Waals surface area contributed by atoms with E-state index in [0.717, 1.165) is 26.6 Å². The van der Waals surface area contributed by atoms with E-state index >= 15 is 0 Å². The van der Waals surface area contributed by atoms with E-state index in [0.29, 0.717) is 19.6 Å². The summed E-state index contributed by atoms with van der Waals surface area (Å²) in [5, 5.41) is 0.766. The van der Waals surface area contributed by atoms with Gasteiger partial charge in [0.15, 0.2) is 0 Å². The maximum Gasteiger partial charge on any atom is 0.359 e. The molecule has 1 aliphatic rings. The molecule has 0 amide bonds. The number of rotatable bonds is 10. The SMILES string of the molecule is CCOP(=O)(OCC)C1=C(SCC)S[C@H](OC(C)(C)C)C[C@@H]1c1ccc(OC)cc1. The van der Waals surface area contributed by atoms with Gasteiger partial charge in [0.05, 0.1) is 35.5 Å². The molecule has 0 saturated carbocycles. The highest BCUT2D eigenvalue weighted by Crippen LogP contribution is 2.67. The van der Waals surface area contributed by atoms with Crippen molar-refractivity contribution in [1.29, 1.82) is 0 Å². The van der Waals surface area contributed by atoms with Gasteiger partial charge in [0.25, 0.3) is 0 Å². The summed E-state index contributed by atoms with van der Waals surface area (Å²) in [6, 6.07) is 7.94. The van der Waals surface area contributed by atoms with Gasteiger partial charge in [-0.1, -0.05) is 30.8 Å². The fourth-order valence-corrected chi connectivity index (χ4v) is 8.87. The number of hydrogen-bond donors (Lipinski definition) is 0. The monoisotopic (exact) mass is 474 g/mol. The van der Waals surface area contributed by atoms with Gasteiger partial charge in [-0.25, -0.2) is 0 Å². The van der Waals surface area contributed by atoms with Gasteiger partial charge in [-0.2, -0.15) is 0 Å². The van der Waals surface area contributed by atoms with Crippen molar-refractivity contribution in [2.45, 2.75) is 64.9 Å². The number of benzene rings is 1. The van der Waals surface area contributed by atoms with E-state index in [1.54, 1.807) is 30.6 Å². The maximum absolute atomic E-state index is 14.0. The normalized spacial score (nSPS) is 20.5. The third-order valence-electron chi connectivity index (χ3n) is 4.38. The molecule has 2 rings (SSSR count). The van der Waals surface area contributed by atoms with Gasteiger partial charge in [-0.3, -0.25) is 4.57 Å². The van der Waals surface area contributed by atoms with Gasteiger partial charge < -0.3 is 18.5 Å². The number of ether oxygens (including phenoxy) is 2. The molecular weight excluding hydrogens is 439 g/mol. The first kappa shape index (κ1) is 25.8. The zero-order valence-corrected chi connectivity index (χ0v) is 21.6. The Balaban J connectivity index is 2.61. The fourth-order valence-electron chi connectivity index (χ4n) is 3.33. The molecule has 1 aromatic rings. The Morgan fingerprint density at radius 1 is 1.10 bits per heavy atom. The molecule has 1 aliphatic heterocycles. The molecule has 1 aromatic carbocycles. The third kappa shape index (κ3) is 6.78. The Morgan fingerprint density at radius 3 is 2.17 bits per heavy atom. The van der Waals surface area contributed by atoms with Gasteiger partial charge in [-0.05, 0) is 64.5 Å². The minimum Gasteiger partial charge on any atom is -0.497 e. The zero-order valence-electron chi connectivity index (χ0n) is 19.1. The average molecular weight is 475 g/mol. The Kier molecular flexibility index (Phi) is 9.85. The van der Waals surface area contributed by atoms with Crippen molar-refractivity contribution >= 4 is 31.1 Å². The molecule has 0 fully saturated rings. The van der Waals surface area contributed by atoms with Crippen LogP contribution in [-0.4, -0.2) is 37.1 Å². The van der Waals surface area contributed by atoms with Crippen molar-refractivity contribution in [3.05, 3.63) is 39.4 Å². The minimum atomic E-state index is -3.45. The van der Waals surface area contributed by atoms with Crippen LogP contribution in [0.3, 0.4) is 0 Å². The van der Waals surface area contributed by atoms with E-state index in [2.05, 4.69) is 27.7 Å². The highest BCUT2D eigenvalue weighted by Gasteiger charge is 2.44. The van der Waals surface area contributed by atoms with Crippen LogP contribution in [0.5, 0.6) is 5.75 Å². The summed E-state index contributed by atoms with van der Waals surface area (Å²) >= 11 is 3.32. The van der Waals surface area contributed by atoms with Crippen molar-refractivity contribution < 1.29 is 23.1 Å². The second kappa shape index (κ2) is 11.4. The molecule has 0 bridgehead atoms. The van der Waals surface area contributed by atoms with E-state index in [-0.39, 0.29) is 17.0 Å². The number of allylic oxidation sites excluding steroid dienone is 1. The van der Waals surface area contributed by atoms with E-state index in [9.17, 15) is 4.57 Å². The van der Waals surface area contributed by atoms with Crippen LogP contribution in [0.4, 0.5) is 0 Å². The van der Waals surface area contributed by atoms with E-state index < -0.39 is 7.60 Å².